The van der Waals surface area contributed by atoms with Gasteiger partial charge in [0.2, 0.25) is 0 Å². The Bertz CT molecular complexity index is 928. The minimum Gasteiger partial charge on any atom is -0.484 e. The summed E-state index contributed by atoms with van der Waals surface area (Å²) in [4.78, 5) is 16.7. The molecule has 0 saturated heterocycles. The van der Waals surface area contributed by atoms with Crippen LogP contribution in [0.3, 0.4) is 0 Å². The number of aromatic nitrogens is 2. The van der Waals surface area contributed by atoms with Gasteiger partial charge in [0, 0.05) is 7.05 Å². The number of carbonyl (C=O) groups is 1. The molecule has 26 heavy (non-hydrogen) atoms. The lowest BCUT2D eigenvalue weighted by molar-refractivity contribution is -0.123. The molecular formula is C21H25N3O2. The molecule has 0 unspecified atom stereocenters. The van der Waals surface area contributed by atoms with Crippen LogP contribution in [0, 0.1) is 6.92 Å². The Hall–Kier alpha value is -2.82. The smallest absolute Gasteiger partial charge is 0.258 e. The Morgan fingerprint density at radius 2 is 2.00 bits per heavy atom. The summed E-state index contributed by atoms with van der Waals surface area (Å²) in [7, 11) is 1.95. The van der Waals surface area contributed by atoms with Gasteiger partial charge in [0.1, 0.15) is 11.6 Å². The maximum absolute atomic E-state index is 12.1. The maximum Gasteiger partial charge on any atom is 0.258 e. The van der Waals surface area contributed by atoms with Crippen molar-refractivity contribution >= 4 is 16.9 Å². The van der Waals surface area contributed by atoms with E-state index in [1.807, 2.05) is 48.0 Å². The highest BCUT2D eigenvalue weighted by molar-refractivity contribution is 5.78. The van der Waals surface area contributed by atoms with Gasteiger partial charge in [0.05, 0.1) is 17.6 Å². The molecule has 1 N–H and O–H groups in total. The summed E-state index contributed by atoms with van der Waals surface area (Å²) in [5.74, 6) is 1.84. The Balaban J connectivity index is 1.56. The molecule has 3 aromatic rings. The first-order valence-electron chi connectivity index (χ1n) is 8.86. The summed E-state index contributed by atoms with van der Waals surface area (Å²) in [6, 6.07) is 13.9. The van der Waals surface area contributed by atoms with Crippen LogP contribution in [-0.4, -0.2) is 22.1 Å². The van der Waals surface area contributed by atoms with Crippen molar-refractivity contribution in [2.75, 3.05) is 6.61 Å². The molecule has 0 bridgehead atoms. The largest absolute Gasteiger partial charge is 0.484 e. The van der Waals surface area contributed by atoms with Crippen molar-refractivity contribution in [2.45, 2.75) is 33.2 Å². The number of aryl methyl sites for hydroxylation is 2. The number of ether oxygens (including phenoxy) is 1. The molecule has 0 fully saturated rings. The third-order valence-corrected chi connectivity index (χ3v) is 4.56. The standard InChI is InChI=1S/C21H25N3O2/c1-14(2)17-10-9-16(11-15(17)3)26-13-21(25)22-12-20-23-18-7-5-6-8-19(18)24(20)4/h5-11,14H,12-13H2,1-4H3,(H,22,25). The van der Waals surface area contributed by atoms with Gasteiger partial charge in [-0.3, -0.25) is 4.79 Å². The zero-order valence-corrected chi connectivity index (χ0v) is 15.7. The van der Waals surface area contributed by atoms with Gasteiger partial charge in [0.15, 0.2) is 6.61 Å². The van der Waals surface area contributed by atoms with E-state index in [9.17, 15) is 4.79 Å². The zero-order chi connectivity index (χ0) is 18.7. The monoisotopic (exact) mass is 351 g/mol. The number of benzene rings is 2. The fourth-order valence-corrected chi connectivity index (χ4v) is 3.12. The number of nitrogens with one attached hydrogen (secondary N) is 1. The van der Waals surface area contributed by atoms with Crippen LogP contribution in [0.1, 0.15) is 36.7 Å². The molecule has 136 valence electrons. The molecule has 5 nitrogen and oxygen atoms in total. The average molecular weight is 351 g/mol. The lowest BCUT2D eigenvalue weighted by Gasteiger charge is -2.12. The van der Waals surface area contributed by atoms with Crippen LogP contribution in [0.15, 0.2) is 42.5 Å². The van der Waals surface area contributed by atoms with Gasteiger partial charge < -0.3 is 14.6 Å². The first-order valence-corrected chi connectivity index (χ1v) is 8.86. The lowest BCUT2D eigenvalue weighted by atomic mass is 9.98. The van der Waals surface area contributed by atoms with Gasteiger partial charge in [0.25, 0.3) is 5.91 Å². The van der Waals surface area contributed by atoms with Crippen LogP contribution >= 0.6 is 0 Å². The van der Waals surface area contributed by atoms with E-state index in [0.29, 0.717) is 18.2 Å². The van der Waals surface area contributed by atoms with Gasteiger partial charge in [-0.05, 0) is 48.2 Å². The Morgan fingerprint density at radius 1 is 1.23 bits per heavy atom. The van der Waals surface area contributed by atoms with Gasteiger partial charge >= 0.3 is 0 Å². The predicted octanol–water partition coefficient (Wildman–Crippen LogP) is 3.70. The van der Waals surface area contributed by atoms with E-state index in [-0.39, 0.29) is 12.5 Å². The molecule has 1 aromatic heterocycles. The molecule has 0 atom stereocenters. The summed E-state index contributed by atoms with van der Waals surface area (Å²) in [6.45, 7) is 6.76. The van der Waals surface area contributed by atoms with Crippen LogP contribution in [-0.2, 0) is 18.4 Å². The predicted molar refractivity (Wildman–Crippen MR) is 103 cm³/mol. The molecular weight excluding hydrogens is 326 g/mol. The maximum atomic E-state index is 12.1. The Morgan fingerprint density at radius 3 is 2.69 bits per heavy atom. The normalized spacial score (nSPS) is 11.1. The number of hydrogen-bond donors (Lipinski definition) is 1. The number of nitrogens with zero attached hydrogens (tertiary/aromatic N) is 2. The highest BCUT2D eigenvalue weighted by Gasteiger charge is 2.10. The third-order valence-electron chi connectivity index (χ3n) is 4.56. The topological polar surface area (TPSA) is 56.1 Å². The molecule has 0 spiro atoms. The van der Waals surface area contributed by atoms with E-state index in [1.165, 1.54) is 11.1 Å². The lowest BCUT2D eigenvalue weighted by Crippen LogP contribution is -2.29. The van der Waals surface area contributed by atoms with Gasteiger partial charge in [-0.1, -0.05) is 32.0 Å². The SMILES string of the molecule is Cc1cc(OCC(=O)NCc2nc3ccccc3n2C)ccc1C(C)C. The second-order valence-electron chi connectivity index (χ2n) is 6.81. The number of fused-ring (bicyclic) bond motifs is 1. The Kier molecular flexibility index (Phi) is 5.26. The summed E-state index contributed by atoms with van der Waals surface area (Å²) in [5.41, 5.74) is 4.45. The van der Waals surface area contributed by atoms with Crippen molar-refractivity contribution in [3.05, 3.63) is 59.4 Å². The second kappa shape index (κ2) is 7.60. The molecule has 0 aliphatic heterocycles. The molecule has 0 aliphatic rings. The fraction of sp³-hybridized carbons (Fsp3) is 0.333. The zero-order valence-electron chi connectivity index (χ0n) is 15.7. The molecule has 0 aliphatic carbocycles. The van der Waals surface area contributed by atoms with Gasteiger partial charge in [-0.2, -0.15) is 0 Å². The second-order valence-corrected chi connectivity index (χ2v) is 6.81. The first kappa shape index (κ1) is 18.0. The molecule has 1 amide bonds. The summed E-state index contributed by atoms with van der Waals surface area (Å²) in [6.07, 6.45) is 0. The summed E-state index contributed by atoms with van der Waals surface area (Å²) < 4.78 is 7.61. The quantitative estimate of drug-likeness (QED) is 0.737. The molecule has 3 rings (SSSR count). The highest BCUT2D eigenvalue weighted by Crippen LogP contribution is 2.23. The fourth-order valence-electron chi connectivity index (χ4n) is 3.12. The molecule has 2 aromatic carbocycles. The van der Waals surface area contributed by atoms with E-state index in [1.54, 1.807) is 0 Å². The molecule has 5 heteroatoms. The van der Waals surface area contributed by atoms with E-state index in [4.69, 9.17) is 4.74 Å². The van der Waals surface area contributed by atoms with Crippen molar-refractivity contribution in [1.82, 2.24) is 14.9 Å². The van der Waals surface area contributed by atoms with E-state index in [2.05, 4.69) is 37.1 Å². The molecule has 1 heterocycles. The highest BCUT2D eigenvalue weighted by atomic mass is 16.5. The number of imidazole rings is 1. The van der Waals surface area contributed by atoms with Crippen molar-refractivity contribution < 1.29 is 9.53 Å². The third kappa shape index (κ3) is 3.87. The van der Waals surface area contributed by atoms with E-state index < -0.39 is 0 Å². The van der Waals surface area contributed by atoms with Crippen molar-refractivity contribution in [3.63, 3.8) is 0 Å². The first-order chi connectivity index (χ1) is 12.5. The van der Waals surface area contributed by atoms with Crippen LogP contribution in [0.4, 0.5) is 0 Å². The number of amides is 1. The molecule has 0 radical (unpaired) electrons. The van der Waals surface area contributed by atoms with Crippen LogP contribution in [0.2, 0.25) is 0 Å². The van der Waals surface area contributed by atoms with Crippen molar-refractivity contribution in [3.8, 4) is 5.75 Å². The number of carbonyl (C=O) groups excluding carboxylic acids is 1. The van der Waals surface area contributed by atoms with Crippen molar-refractivity contribution in [2.24, 2.45) is 7.05 Å². The van der Waals surface area contributed by atoms with Crippen LogP contribution < -0.4 is 10.1 Å². The Labute approximate surface area is 154 Å². The minimum atomic E-state index is -0.164. The van der Waals surface area contributed by atoms with Crippen molar-refractivity contribution in [1.29, 1.82) is 0 Å². The number of para-hydroxylation sites is 2. The number of rotatable bonds is 6. The van der Waals surface area contributed by atoms with E-state index in [0.717, 1.165) is 16.9 Å². The van der Waals surface area contributed by atoms with Crippen LogP contribution in [0.5, 0.6) is 5.75 Å². The average Bonchev–Trinajstić information content (AvgIpc) is 2.94. The minimum absolute atomic E-state index is 0.00952. The summed E-state index contributed by atoms with van der Waals surface area (Å²) >= 11 is 0. The van der Waals surface area contributed by atoms with Gasteiger partial charge in [-0.15, -0.1) is 0 Å². The summed E-state index contributed by atoms with van der Waals surface area (Å²) in [5, 5.41) is 2.87. The number of hydrogen-bond acceptors (Lipinski definition) is 3. The van der Waals surface area contributed by atoms with E-state index >= 15 is 0 Å². The molecule has 0 saturated carbocycles. The van der Waals surface area contributed by atoms with Gasteiger partial charge in [-0.25, -0.2) is 4.98 Å². The van der Waals surface area contributed by atoms with Crippen LogP contribution in [0.25, 0.3) is 11.0 Å².